The highest BCUT2D eigenvalue weighted by Gasteiger charge is 2.20. The van der Waals surface area contributed by atoms with E-state index < -0.39 is 5.60 Å². The summed E-state index contributed by atoms with van der Waals surface area (Å²) in [5.41, 5.74) is 7.34. The number of anilines is 1. The van der Waals surface area contributed by atoms with Crippen molar-refractivity contribution in [2.24, 2.45) is 0 Å². The fourth-order valence-electron chi connectivity index (χ4n) is 1.45. The minimum absolute atomic E-state index is 0.527. The summed E-state index contributed by atoms with van der Waals surface area (Å²) in [6, 6.07) is 3.42. The Hall–Kier alpha value is -1.55. The van der Waals surface area contributed by atoms with Crippen LogP contribution in [0.2, 0.25) is 0 Å². The second-order valence-corrected chi connectivity index (χ2v) is 3.82. The number of oxazole rings is 1. The number of hydrogen-bond donors (Lipinski definition) is 2. The Bertz CT molecular complexity index is 468. The van der Waals surface area contributed by atoms with Gasteiger partial charge in [-0.2, -0.15) is 0 Å². The van der Waals surface area contributed by atoms with Gasteiger partial charge in [0.05, 0.1) is 5.60 Å². The molecule has 0 saturated carbocycles. The third-order valence-electron chi connectivity index (χ3n) is 2.16. The lowest BCUT2D eigenvalue weighted by Gasteiger charge is -2.19. The van der Waals surface area contributed by atoms with Crippen LogP contribution in [-0.2, 0) is 5.60 Å². The quantitative estimate of drug-likeness (QED) is 0.673. The van der Waals surface area contributed by atoms with E-state index in [-0.39, 0.29) is 0 Å². The SMILES string of the molecule is CC(C)(O)c1cc2ocnc2cc1N. The Labute approximate surface area is 81.4 Å². The van der Waals surface area contributed by atoms with Crippen LogP contribution in [-0.4, -0.2) is 10.1 Å². The lowest BCUT2D eigenvalue weighted by Crippen LogP contribution is -2.17. The molecule has 2 rings (SSSR count). The van der Waals surface area contributed by atoms with Crippen LogP contribution < -0.4 is 5.73 Å². The van der Waals surface area contributed by atoms with Gasteiger partial charge in [0.1, 0.15) is 5.52 Å². The second-order valence-electron chi connectivity index (χ2n) is 3.82. The average molecular weight is 192 g/mol. The minimum atomic E-state index is -0.967. The van der Waals surface area contributed by atoms with Gasteiger partial charge in [0.25, 0.3) is 0 Å². The van der Waals surface area contributed by atoms with E-state index in [2.05, 4.69) is 4.98 Å². The molecule has 0 aliphatic heterocycles. The summed E-state index contributed by atoms with van der Waals surface area (Å²) in [6.45, 7) is 3.36. The van der Waals surface area contributed by atoms with Gasteiger partial charge in [0.15, 0.2) is 12.0 Å². The van der Waals surface area contributed by atoms with Gasteiger partial charge in [-0.15, -0.1) is 0 Å². The predicted molar refractivity (Wildman–Crippen MR) is 53.7 cm³/mol. The summed E-state index contributed by atoms with van der Waals surface area (Å²) < 4.78 is 5.13. The fourth-order valence-corrected chi connectivity index (χ4v) is 1.45. The average Bonchev–Trinajstić information content (AvgIpc) is 2.47. The van der Waals surface area contributed by atoms with Crippen molar-refractivity contribution in [2.45, 2.75) is 19.4 Å². The smallest absolute Gasteiger partial charge is 0.181 e. The maximum Gasteiger partial charge on any atom is 0.181 e. The summed E-state index contributed by atoms with van der Waals surface area (Å²) in [7, 11) is 0. The lowest BCUT2D eigenvalue weighted by atomic mass is 9.96. The van der Waals surface area contributed by atoms with Gasteiger partial charge in [0.2, 0.25) is 0 Å². The zero-order valence-corrected chi connectivity index (χ0v) is 8.11. The van der Waals surface area contributed by atoms with Gasteiger partial charge in [-0.1, -0.05) is 0 Å². The molecule has 1 aromatic heterocycles. The van der Waals surface area contributed by atoms with Crippen LogP contribution >= 0.6 is 0 Å². The van der Waals surface area contributed by atoms with E-state index in [9.17, 15) is 5.11 Å². The molecule has 0 fully saturated rings. The van der Waals surface area contributed by atoms with Gasteiger partial charge >= 0.3 is 0 Å². The van der Waals surface area contributed by atoms with E-state index in [1.807, 2.05) is 0 Å². The number of nitrogens with two attached hydrogens (primary N) is 1. The van der Waals surface area contributed by atoms with E-state index in [1.165, 1.54) is 6.39 Å². The highest BCUT2D eigenvalue weighted by atomic mass is 16.3. The van der Waals surface area contributed by atoms with E-state index in [1.54, 1.807) is 26.0 Å². The van der Waals surface area contributed by atoms with Crippen LogP contribution in [0.3, 0.4) is 0 Å². The van der Waals surface area contributed by atoms with Gasteiger partial charge in [-0.25, -0.2) is 4.98 Å². The number of nitrogen functional groups attached to an aromatic ring is 1. The summed E-state index contributed by atoms with van der Waals surface area (Å²) in [6.07, 6.45) is 1.36. The molecule has 74 valence electrons. The lowest BCUT2D eigenvalue weighted by molar-refractivity contribution is 0.0794. The maximum absolute atomic E-state index is 9.82. The third kappa shape index (κ3) is 1.33. The normalized spacial score (nSPS) is 12.2. The zero-order valence-electron chi connectivity index (χ0n) is 8.11. The Kier molecular flexibility index (Phi) is 1.75. The van der Waals surface area contributed by atoms with Crippen LogP contribution in [0.5, 0.6) is 0 Å². The predicted octanol–water partition coefficient (Wildman–Crippen LogP) is 1.64. The number of nitrogens with zero attached hydrogens (tertiary/aromatic N) is 1. The van der Waals surface area contributed by atoms with Crippen LogP contribution in [0.15, 0.2) is 22.9 Å². The highest BCUT2D eigenvalue weighted by molar-refractivity contribution is 5.78. The first kappa shape index (κ1) is 9.02. The number of rotatable bonds is 1. The van der Waals surface area contributed by atoms with E-state index in [4.69, 9.17) is 10.2 Å². The number of hydrogen-bond acceptors (Lipinski definition) is 4. The fraction of sp³-hybridized carbons (Fsp3) is 0.300. The molecule has 1 heterocycles. The molecule has 0 unspecified atom stereocenters. The molecule has 0 amide bonds. The van der Waals surface area contributed by atoms with Crippen molar-refractivity contribution in [1.82, 2.24) is 4.98 Å². The Balaban J connectivity index is 2.71. The van der Waals surface area contributed by atoms with Crippen LogP contribution in [0.25, 0.3) is 11.1 Å². The molecular weight excluding hydrogens is 180 g/mol. The molecule has 0 radical (unpaired) electrons. The van der Waals surface area contributed by atoms with Crippen LogP contribution in [0, 0.1) is 0 Å². The number of aromatic nitrogens is 1. The summed E-state index contributed by atoms with van der Waals surface area (Å²) in [5, 5.41) is 9.82. The molecule has 0 saturated heterocycles. The zero-order chi connectivity index (χ0) is 10.3. The molecule has 2 aromatic rings. The Morgan fingerprint density at radius 1 is 1.43 bits per heavy atom. The van der Waals surface area contributed by atoms with Crippen molar-refractivity contribution < 1.29 is 9.52 Å². The minimum Gasteiger partial charge on any atom is -0.443 e. The standard InChI is InChI=1S/C10H12N2O2/c1-10(2,13)6-3-9-8(4-7(6)11)12-5-14-9/h3-5,13H,11H2,1-2H3. The molecule has 1 aromatic carbocycles. The van der Waals surface area contributed by atoms with Crippen molar-refractivity contribution >= 4 is 16.8 Å². The molecular formula is C10H12N2O2. The Morgan fingerprint density at radius 2 is 2.14 bits per heavy atom. The van der Waals surface area contributed by atoms with Crippen LogP contribution in [0.1, 0.15) is 19.4 Å². The van der Waals surface area contributed by atoms with Crippen molar-refractivity contribution in [2.75, 3.05) is 5.73 Å². The van der Waals surface area contributed by atoms with Gasteiger partial charge < -0.3 is 15.3 Å². The third-order valence-corrected chi connectivity index (χ3v) is 2.16. The molecule has 14 heavy (non-hydrogen) atoms. The van der Waals surface area contributed by atoms with Crippen molar-refractivity contribution in [3.63, 3.8) is 0 Å². The maximum atomic E-state index is 9.82. The van der Waals surface area contributed by atoms with Gasteiger partial charge in [-0.3, -0.25) is 0 Å². The van der Waals surface area contributed by atoms with Crippen molar-refractivity contribution in [1.29, 1.82) is 0 Å². The molecule has 0 aliphatic carbocycles. The molecule has 3 N–H and O–H groups in total. The molecule has 0 spiro atoms. The molecule has 4 heteroatoms. The molecule has 0 atom stereocenters. The summed E-state index contributed by atoms with van der Waals surface area (Å²) in [5.74, 6) is 0. The molecule has 4 nitrogen and oxygen atoms in total. The monoisotopic (exact) mass is 192 g/mol. The highest BCUT2D eigenvalue weighted by Crippen LogP contribution is 2.29. The van der Waals surface area contributed by atoms with Crippen molar-refractivity contribution in [3.05, 3.63) is 24.1 Å². The first-order valence-electron chi connectivity index (χ1n) is 4.34. The summed E-state index contributed by atoms with van der Waals surface area (Å²) >= 11 is 0. The topological polar surface area (TPSA) is 72.3 Å². The summed E-state index contributed by atoms with van der Waals surface area (Å²) in [4.78, 5) is 3.97. The number of benzene rings is 1. The first-order chi connectivity index (χ1) is 6.48. The Morgan fingerprint density at radius 3 is 2.79 bits per heavy atom. The van der Waals surface area contributed by atoms with E-state index in [0.29, 0.717) is 22.4 Å². The van der Waals surface area contributed by atoms with E-state index >= 15 is 0 Å². The molecule has 0 aliphatic rings. The van der Waals surface area contributed by atoms with Crippen LogP contribution in [0.4, 0.5) is 5.69 Å². The number of fused-ring (bicyclic) bond motifs is 1. The largest absolute Gasteiger partial charge is 0.443 e. The first-order valence-corrected chi connectivity index (χ1v) is 4.34. The second kappa shape index (κ2) is 2.72. The number of aliphatic hydroxyl groups is 1. The van der Waals surface area contributed by atoms with Gasteiger partial charge in [0, 0.05) is 11.3 Å². The van der Waals surface area contributed by atoms with Gasteiger partial charge in [-0.05, 0) is 26.0 Å². The molecule has 0 bridgehead atoms. The van der Waals surface area contributed by atoms with E-state index in [0.717, 1.165) is 0 Å². The van der Waals surface area contributed by atoms with Crippen molar-refractivity contribution in [3.8, 4) is 0 Å².